The van der Waals surface area contributed by atoms with E-state index >= 15 is 0 Å². The maximum Gasteiger partial charge on any atom is 0.126 e. The molecule has 0 saturated heterocycles. The summed E-state index contributed by atoms with van der Waals surface area (Å²) in [6.07, 6.45) is 2.67. The van der Waals surface area contributed by atoms with Gasteiger partial charge in [0.1, 0.15) is 5.82 Å². The summed E-state index contributed by atoms with van der Waals surface area (Å²) in [6.45, 7) is 4.97. The summed E-state index contributed by atoms with van der Waals surface area (Å²) in [5.74, 6) is 1.45. The number of halogens is 1. The van der Waals surface area contributed by atoms with Gasteiger partial charge in [0.2, 0.25) is 0 Å². The molecule has 0 bridgehead atoms. The molecule has 3 N–H and O–H groups in total. The number of hydrogen-bond donors (Lipinski definition) is 2. The molecule has 0 aliphatic carbocycles. The number of nitrogens with one attached hydrogen (secondary N) is 1. The SMILES string of the molecule is CC(C)CC(CN)Nc1ccc(Cl)cn1. The van der Waals surface area contributed by atoms with Crippen molar-refractivity contribution in [3.63, 3.8) is 0 Å². The van der Waals surface area contributed by atoms with Crippen molar-refractivity contribution in [1.82, 2.24) is 4.98 Å². The van der Waals surface area contributed by atoms with Crippen LogP contribution in [0.5, 0.6) is 0 Å². The van der Waals surface area contributed by atoms with Crippen LogP contribution in [0.25, 0.3) is 0 Å². The van der Waals surface area contributed by atoms with Crippen molar-refractivity contribution in [3.05, 3.63) is 23.4 Å². The third kappa shape index (κ3) is 4.49. The molecule has 0 spiro atoms. The highest BCUT2D eigenvalue weighted by molar-refractivity contribution is 6.30. The fourth-order valence-electron chi connectivity index (χ4n) is 1.45. The molecule has 84 valence electrons. The predicted octanol–water partition coefficient (Wildman–Crippen LogP) is 2.52. The van der Waals surface area contributed by atoms with Gasteiger partial charge in [0.15, 0.2) is 0 Å². The van der Waals surface area contributed by atoms with Gasteiger partial charge in [-0.05, 0) is 24.5 Å². The highest BCUT2D eigenvalue weighted by atomic mass is 35.5. The largest absolute Gasteiger partial charge is 0.366 e. The van der Waals surface area contributed by atoms with E-state index < -0.39 is 0 Å². The van der Waals surface area contributed by atoms with E-state index in [1.54, 1.807) is 6.20 Å². The van der Waals surface area contributed by atoms with E-state index in [4.69, 9.17) is 17.3 Å². The Labute approximate surface area is 96.0 Å². The number of nitrogens with zero attached hydrogens (tertiary/aromatic N) is 1. The molecule has 0 saturated carbocycles. The molecule has 0 fully saturated rings. The van der Waals surface area contributed by atoms with Crippen molar-refractivity contribution in [2.24, 2.45) is 11.7 Å². The van der Waals surface area contributed by atoms with E-state index in [9.17, 15) is 0 Å². The quantitative estimate of drug-likeness (QED) is 0.813. The van der Waals surface area contributed by atoms with Crippen molar-refractivity contribution in [2.45, 2.75) is 26.3 Å². The van der Waals surface area contributed by atoms with E-state index in [0.717, 1.165) is 12.2 Å². The molecular formula is C11H18ClN3. The third-order valence-corrected chi connectivity index (χ3v) is 2.34. The fraction of sp³-hybridized carbons (Fsp3) is 0.545. The molecule has 0 aliphatic heterocycles. The highest BCUT2D eigenvalue weighted by Crippen LogP contribution is 2.13. The van der Waals surface area contributed by atoms with Crippen LogP contribution in [0.3, 0.4) is 0 Å². The lowest BCUT2D eigenvalue weighted by Gasteiger charge is -2.19. The summed E-state index contributed by atoms with van der Waals surface area (Å²) in [5, 5.41) is 3.94. The minimum Gasteiger partial charge on any atom is -0.366 e. The Hall–Kier alpha value is -0.800. The van der Waals surface area contributed by atoms with Crippen LogP contribution in [0.15, 0.2) is 18.3 Å². The zero-order valence-electron chi connectivity index (χ0n) is 9.20. The predicted molar refractivity (Wildman–Crippen MR) is 65.2 cm³/mol. The van der Waals surface area contributed by atoms with E-state index in [2.05, 4.69) is 24.1 Å². The van der Waals surface area contributed by atoms with Crippen LogP contribution in [0.4, 0.5) is 5.82 Å². The first-order valence-electron chi connectivity index (χ1n) is 5.20. The first kappa shape index (κ1) is 12.3. The monoisotopic (exact) mass is 227 g/mol. The fourth-order valence-corrected chi connectivity index (χ4v) is 1.57. The van der Waals surface area contributed by atoms with E-state index in [1.165, 1.54) is 0 Å². The normalized spacial score (nSPS) is 12.9. The summed E-state index contributed by atoms with van der Waals surface area (Å²) in [6, 6.07) is 3.96. The number of anilines is 1. The Morgan fingerprint density at radius 2 is 2.20 bits per heavy atom. The van der Waals surface area contributed by atoms with Gasteiger partial charge in [-0.2, -0.15) is 0 Å². The Bertz CT molecular complexity index is 284. The number of pyridine rings is 1. The molecule has 4 heteroatoms. The minimum atomic E-state index is 0.277. The standard InChI is InChI=1S/C11H18ClN3/c1-8(2)5-10(6-13)15-11-4-3-9(12)7-14-11/h3-4,7-8,10H,5-6,13H2,1-2H3,(H,14,15). The maximum absolute atomic E-state index is 5.75. The molecule has 1 aromatic heterocycles. The average Bonchev–Trinajstić information content (AvgIpc) is 2.19. The Balaban J connectivity index is 2.54. The van der Waals surface area contributed by atoms with Crippen LogP contribution >= 0.6 is 11.6 Å². The van der Waals surface area contributed by atoms with Gasteiger partial charge in [-0.15, -0.1) is 0 Å². The van der Waals surface area contributed by atoms with Gasteiger partial charge in [-0.3, -0.25) is 0 Å². The van der Waals surface area contributed by atoms with E-state index in [-0.39, 0.29) is 6.04 Å². The summed E-state index contributed by atoms with van der Waals surface area (Å²) < 4.78 is 0. The van der Waals surface area contributed by atoms with Gasteiger partial charge >= 0.3 is 0 Å². The molecule has 1 heterocycles. The summed E-state index contributed by atoms with van der Waals surface area (Å²) in [4.78, 5) is 4.17. The minimum absolute atomic E-state index is 0.277. The second kappa shape index (κ2) is 5.93. The summed E-state index contributed by atoms with van der Waals surface area (Å²) in [7, 11) is 0. The molecule has 0 aliphatic rings. The summed E-state index contributed by atoms with van der Waals surface area (Å²) >= 11 is 5.75. The van der Waals surface area contributed by atoms with Crippen LogP contribution < -0.4 is 11.1 Å². The smallest absolute Gasteiger partial charge is 0.126 e. The first-order chi connectivity index (χ1) is 7.11. The molecule has 1 atom stereocenters. The average molecular weight is 228 g/mol. The van der Waals surface area contributed by atoms with Crippen molar-refractivity contribution in [1.29, 1.82) is 0 Å². The van der Waals surface area contributed by atoms with Crippen LogP contribution in [0.1, 0.15) is 20.3 Å². The zero-order valence-corrected chi connectivity index (χ0v) is 9.96. The van der Waals surface area contributed by atoms with Gasteiger partial charge in [0.05, 0.1) is 5.02 Å². The maximum atomic E-state index is 5.75. The number of rotatable bonds is 5. The lowest BCUT2D eigenvalue weighted by atomic mass is 10.0. The second-order valence-corrected chi connectivity index (χ2v) is 4.50. The third-order valence-electron chi connectivity index (χ3n) is 2.12. The van der Waals surface area contributed by atoms with Gasteiger partial charge in [0.25, 0.3) is 0 Å². The van der Waals surface area contributed by atoms with E-state index in [1.807, 2.05) is 12.1 Å². The molecule has 15 heavy (non-hydrogen) atoms. The highest BCUT2D eigenvalue weighted by Gasteiger charge is 2.08. The molecule has 1 unspecified atom stereocenters. The second-order valence-electron chi connectivity index (χ2n) is 4.07. The Morgan fingerprint density at radius 1 is 1.47 bits per heavy atom. The Morgan fingerprint density at radius 3 is 2.67 bits per heavy atom. The lowest BCUT2D eigenvalue weighted by Crippen LogP contribution is -2.30. The van der Waals surface area contributed by atoms with Crippen LogP contribution in [-0.4, -0.2) is 17.6 Å². The number of hydrogen-bond acceptors (Lipinski definition) is 3. The number of aromatic nitrogens is 1. The van der Waals surface area contributed by atoms with Crippen molar-refractivity contribution < 1.29 is 0 Å². The van der Waals surface area contributed by atoms with Gasteiger partial charge in [-0.25, -0.2) is 4.98 Å². The number of nitrogens with two attached hydrogens (primary N) is 1. The first-order valence-corrected chi connectivity index (χ1v) is 5.57. The zero-order chi connectivity index (χ0) is 11.3. The van der Waals surface area contributed by atoms with Gasteiger partial charge in [0, 0.05) is 18.8 Å². The van der Waals surface area contributed by atoms with Gasteiger partial charge < -0.3 is 11.1 Å². The molecular weight excluding hydrogens is 210 g/mol. The summed E-state index contributed by atoms with van der Waals surface area (Å²) in [5.41, 5.74) is 5.68. The van der Waals surface area contributed by atoms with Crippen molar-refractivity contribution in [3.8, 4) is 0 Å². The van der Waals surface area contributed by atoms with E-state index in [0.29, 0.717) is 17.5 Å². The topological polar surface area (TPSA) is 50.9 Å². The molecule has 0 amide bonds. The Kier molecular flexibility index (Phi) is 4.85. The molecule has 1 aromatic rings. The molecule has 1 rings (SSSR count). The molecule has 0 aromatic carbocycles. The lowest BCUT2D eigenvalue weighted by molar-refractivity contribution is 0.521. The van der Waals surface area contributed by atoms with Crippen molar-refractivity contribution >= 4 is 17.4 Å². The van der Waals surface area contributed by atoms with Crippen LogP contribution in [0, 0.1) is 5.92 Å². The molecule has 3 nitrogen and oxygen atoms in total. The van der Waals surface area contributed by atoms with Gasteiger partial charge in [-0.1, -0.05) is 25.4 Å². The van der Waals surface area contributed by atoms with Crippen molar-refractivity contribution in [2.75, 3.05) is 11.9 Å². The van der Waals surface area contributed by atoms with Crippen LogP contribution in [0.2, 0.25) is 5.02 Å². The van der Waals surface area contributed by atoms with Crippen LogP contribution in [-0.2, 0) is 0 Å². The molecule has 0 radical (unpaired) electrons.